The number of imidazole rings is 1. The molecule has 164 valence electrons. The molecule has 32 heavy (non-hydrogen) atoms. The lowest BCUT2D eigenvalue weighted by Gasteiger charge is -2.21. The molecule has 4 rings (SSSR count). The Bertz CT molecular complexity index is 1360. The van der Waals surface area contributed by atoms with E-state index >= 15 is 0 Å². The number of amides is 1. The summed E-state index contributed by atoms with van der Waals surface area (Å²) >= 11 is 0. The van der Waals surface area contributed by atoms with E-state index in [0.717, 1.165) is 22.2 Å². The molecule has 0 aliphatic rings. The molecule has 0 fully saturated rings. The van der Waals surface area contributed by atoms with Gasteiger partial charge in [0.2, 0.25) is 10.0 Å². The molecule has 3 aromatic carbocycles. The molecule has 0 radical (unpaired) electrons. The number of rotatable bonds is 7. The van der Waals surface area contributed by atoms with Gasteiger partial charge in [0.25, 0.3) is 5.91 Å². The van der Waals surface area contributed by atoms with Crippen molar-refractivity contribution in [1.82, 2.24) is 20.0 Å². The molecule has 1 heterocycles. The van der Waals surface area contributed by atoms with Gasteiger partial charge < -0.3 is 10.3 Å². The maximum atomic E-state index is 13.3. The molecule has 0 spiro atoms. The van der Waals surface area contributed by atoms with Crippen molar-refractivity contribution in [3.63, 3.8) is 0 Å². The molecule has 0 bridgehead atoms. The first-order valence-corrected chi connectivity index (χ1v) is 11.8. The second-order valence-electron chi connectivity index (χ2n) is 7.47. The second kappa shape index (κ2) is 8.94. The van der Waals surface area contributed by atoms with Crippen LogP contribution in [0.4, 0.5) is 0 Å². The highest BCUT2D eigenvalue weighted by atomic mass is 32.2. The van der Waals surface area contributed by atoms with Crippen molar-refractivity contribution in [2.24, 2.45) is 0 Å². The van der Waals surface area contributed by atoms with Crippen molar-refractivity contribution in [2.45, 2.75) is 24.8 Å². The number of benzene rings is 3. The Morgan fingerprint density at radius 2 is 1.81 bits per heavy atom. The smallest absolute Gasteiger partial charge is 0.252 e. The molecule has 1 amide bonds. The standard InChI is InChI=1S/C24H24N4O3S/c1-3-27-32(30,31)19-11-9-16(2)20(14-19)24(29)28-23(17-7-5-4-6-8-17)18-10-12-21-22(13-18)26-15-25-21/h4-15,23,27H,3H2,1-2H3,(H,25,26)(H,28,29)/t23-/m1/s1. The van der Waals surface area contributed by atoms with E-state index < -0.39 is 16.1 Å². The summed E-state index contributed by atoms with van der Waals surface area (Å²) < 4.78 is 27.3. The van der Waals surface area contributed by atoms with Gasteiger partial charge >= 0.3 is 0 Å². The second-order valence-corrected chi connectivity index (χ2v) is 9.24. The minimum Gasteiger partial charge on any atom is -0.345 e. The van der Waals surface area contributed by atoms with Gasteiger partial charge in [-0.2, -0.15) is 0 Å². The number of hydrogen-bond donors (Lipinski definition) is 3. The molecule has 4 aromatic rings. The van der Waals surface area contributed by atoms with Crippen LogP contribution in [0.1, 0.15) is 40.0 Å². The lowest BCUT2D eigenvalue weighted by Crippen LogP contribution is -2.30. The predicted molar refractivity (Wildman–Crippen MR) is 124 cm³/mol. The number of nitrogens with zero attached hydrogens (tertiary/aromatic N) is 1. The highest BCUT2D eigenvalue weighted by molar-refractivity contribution is 7.89. The summed E-state index contributed by atoms with van der Waals surface area (Å²) in [6.45, 7) is 3.76. The van der Waals surface area contributed by atoms with Crippen LogP contribution in [-0.2, 0) is 10.0 Å². The average Bonchev–Trinajstić information content (AvgIpc) is 3.26. The Morgan fingerprint density at radius 3 is 2.56 bits per heavy atom. The Kier molecular flexibility index (Phi) is 6.07. The molecule has 0 saturated heterocycles. The minimum atomic E-state index is -3.67. The summed E-state index contributed by atoms with van der Waals surface area (Å²) in [5, 5.41) is 3.09. The molecule has 7 nitrogen and oxygen atoms in total. The number of aryl methyl sites for hydroxylation is 1. The molecular weight excluding hydrogens is 424 g/mol. The fourth-order valence-corrected chi connectivity index (χ4v) is 4.70. The van der Waals surface area contributed by atoms with E-state index in [9.17, 15) is 13.2 Å². The first kappa shape index (κ1) is 21.7. The zero-order valence-electron chi connectivity index (χ0n) is 17.8. The Hall–Kier alpha value is -3.49. The average molecular weight is 449 g/mol. The molecule has 8 heteroatoms. The first-order chi connectivity index (χ1) is 15.4. The van der Waals surface area contributed by atoms with E-state index in [-0.39, 0.29) is 17.3 Å². The lowest BCUT2D eigenvalue weighted by molar-refractivity contribution is 0.0942. The Balaban J connectivity index is 1.72. The number of carbonyl (C=O) groups excluding carboxylic acids is 1. The zero-order chi connectivity index (χ0) is 22.7. The fraction of sp³-hybridized carbons (Fsp3) is 0.167. The lowest BCUT2D eigenvalue weighted by atomic mass is 9.97. The number of aromatic nitrogens is 2. The molecule has 0 aliphatic carbocycles. The van der Waals surface area contributed by atoms with Crippen LogP contribution in [0.25, 0.3) is 11.0 Å². The van der Waals surface area contributed by atoms with E-state index in [0.29, 0.717) is 11.1 Å². The van der Waals surface area contributed by atoms with Gasteiger partial charge in [0.15, 0.2) is 0 Å². The van der Waals surface area contributed by atoms with Gasteiger partial charge in [0.05, 0.1) is 28.3 Å². The molecular formula is C24H24N4O3S. The third-order valence-corrected chi connectivity index (χ3v) is 6.83. The number of hydrogen-bond acceptors (Lipinski definition) is 4. The highest BCUT2D eigenvalue weighted by Gasteiger charge is 2.22. The van der Waals surface area contributed by atoms with Gasteiger partial charge in [0, 0.05) is 12.1 Å². The highest BCUT2D eigenvalue weighted by Crippen LogP contribution is 2.26. The number of nitrogens with one attached hydrogen (secondary N) is 3. The molecule has 0 aliphatic heterocycles. The summed E-state index contributed by atoms with van der Waals surface area (Å²) in [7, 11) is -3.67. The van der Waals surface area contributed by atoms with E-state index in [4.69, 9.17) is 0 Å². The molecule has 0 saturated carbocycles. The van der Waals surface area contributed by atoms with Gasteiger partial charge in [-0.15, -0.1) is 0 Å². The normalized spacial score (nSPS) is 12.6. The van der Waals surface area contributed by atoms with E-state index in [1.807, 2.05) is 48.5 Å². The summed E-state index contributed by atoms with van der Waals surface area (Å²) in [6.07, 6.45) is 1.63. The van der Waals surface area contributed by atoms with Crippen LogP contribution in [0.15, 0.2) is 78.0 Å². The van der Waals surface area contributed by atoms with Crippen LogP contribution in [-0.4, -0.2) is 30.8 Å². The first-order valence-electron chi connectivity index (χ1n) is 10.3. The third-order valence-electron chi connectivity index (χ3n) is 5.28. The van der Waals surface area contributed by atoms with E-state index in [2.05, 4.69) is 20.0 Å². The topological polar surface area (TPSA) is 104 Å². The number of carbonyl (C=O) groups is 1. The van der Waals surface area contributed by atoms with Crippen LogP contribution in [0, 0.1) is 6.92 Å². The maximum absolute atomic E-state index is 13.3. The number of sulfonamides is 1. The third kappa shape index (κ3) is 4.42. The van der Waals surface area contributed by atoms with Crippen molar-refractivity contribution in [2.75, 3.05) is 6.54 Å². The summed E-state index contributed by atoms with van der Waals surface area (Å²) in [6, 6.07) is 19.6. The maximum Gasteiger partial charge on any atom is 0.252 e. The van der Waals surface area contributed by atoms with Gasteiger partial charge in [0.1, 0.15) is 0 Å². The largest absolute Gasteiger partial charge is 0.345 e. The Morgan fingerprint density at radius 1 is 1.03 bits per heavy atom. The van der Waals surface area contributed by atoms with Gasteiger partial charge in [-0.25, -0.2) is 18.1 Å². The van der Waals surface area contributed by atoms with Gasteiger partial charge in [-0.3, -0.25) is 4.79 Å². The van der Waals surface area contributed by atoms with Gasteiger partial charge in [-0.05, 0) is 47.9 Å². The SMILES string of the molecule is CCNS(=O)(=O)c1ccc(C)c(C(=O)N[C@H](c2ccccc2)c2ccc3nc[nH]c3c2)c1. The fourth-order valence-electron chi connectivity index (χ4n) is 3.63. The number of H-pyrrole nitrogens is 1. The van der Waals surface area contributed by atoms with E-state index in [1.165, 1.54) is 12.1 Å². The Labute approximate surface area is 187 Å². The van der Waals surface area contributed by atoms with Crippen LogP contribution >= 0.6 is 0 Å². The van der Waals surface area contributed by atoms with E-state index in [1.54, 1.807) is 26.2 Å². The summed E-state index contributed by atoms with van der Waals surface area (Å²) in [4.78, 5) is 20.7. The van der Waals surface area contributed by atoms with Crippen molar-refractivity contribution >= 4 is 27.0 Å². The summed E-state index contributed by atoms with van der Waals surface area (Å²) in [5.41, 5.74) is 4.50. The predicted octanol–water partition coefficient (Wildman–Crippen LogP) is 3.69. The number of fused-ring (bicyclic) bond motifs is 1. The molecule has 3 N–H and O–H groups in total. The van der Waals surface area contributed by atoms with Crippen LogP contribution in [0.2, 0.25) is 0 Å². The van der Waals surface area contributed by atoms with Crippen LogP contribution < -0.4 is 10.0 Å². The van der Waals surface area contributed by atoms with Gasteiger partial charge in [-0.1, -0.05) is 49.4 Å². The molecule has 1 atom stereocenters. The molecule has 0 unspecified atom stereocenters. The van der Waals surface area contributed by atoms with Crippen LogP contribution in [0.5, 0.6) is 0 Å². The summed E-state index contributed by atoms with van der Waals surface area (Å²) in [5.74, 6) is -0.352. The van der Waals surface area contributed by atoms with Crippen molar-refractivity contribution in [3.05, 3.63) is 95.3 Å². The minimum absolute atomic E-state index is 0.0604. The van der Waals surface area contributed by atoms with Crippen molar-refractivity contribution in [3.8, 4) is 0 Å². The zero-order valence-corrected chi connectivity index (χ0v) is 18.6. The quantitative estimate of drug-likeness (QED) is 0.401. The monoisotopic (exact) mass is 448 g/mol. The molecule has 1 aromatic heterocycles. The number of aromatic amines is 1. The van der Waals surface area contributed by atoms with Crippen molar-refractivity contribution < 1.29 is 13.2 Å². The van der Waals surface area contributed by atoms with Crippen molar-refractivity contribution in [1.29, 1.82) is 0 Å². The van der Waals surface area contributed by atoms with Crippen LogP contribution in [0.3, 0.4) is 0 Å².